The molecule has 1 heterocycles. The van der Waals surface area contributed by atoms with Crippen LogP contribution >= 0.6 is 11.6 Å². The second kappa shape index (κ2) is 8.37. The summed E-state index contributed by atoms with van der Waals surface area (Å²) in [6, 6.07) is 0. The van der Waals surface area contributed by atoms with Crippen LogP contribution in [0.1, 0.15) is 32.6 Å². The topological polar surface area (TPSA) is 6.48 Å². The van der Waals surface area contributed by atoms with Gasteiger partial charge in [0.2, 0.25) is 0 Å². The van der Waals surface area contributed by atoms with Crippen LogP contribution in [-0.2, 0) is 0 Å². The molecule has 0 N–H and O–H groups in total. The third kappa shape index (κ3) is 5.74. The van der Waals surface area contributed by atoms with Crippen LogP contribution in [0.2, 0.25) is 0 Å². The minimum atomic E-state index is 0.774. The van der Waals surface area contributed by atoms with Gasteiger partial charge in [0.05, 0.1) is 0 Å². The zero-order chi connectivity index (χ0) is 10.9. The second-order valence-electron chi connectivity index (χ2n) is 4.43. The van der Waals surface area contributed by atoms with Crippen LogP contribution in [0.3, 0.4) is 0 Å². The summed E-state index contributed by atoms with van der Waals surface area (Å²) in [5, 5.41) is 0. The standard InChI is InChI=1S/C12H25ClN2/c1-2-3-4-5-7-14-9-11-15(8-6-13)12-10-14/h2-12H2,1H3. The van der Waals surface area contributed by atoms with E-state index in [0.29, 0.717) is 0 Å². The van der Waals surface area contributed by atoms with Gasteiger partial charge in [-0.15, -0.1) is 11.6 Å². The van der Waals surface area contributed by atoms with Crippen LogP contribution in [0.4, 0.5) is 0 Å². The molecule has 0 aliphatic carbocycles. The van der Waals surface area contributed by atoms with E-state index in [0.717, 1.165) is 12.4 Å². The van der Waals surface area contributed by atoms with E-state index in [9.17, 15) is 0 Å². The zero-order valence-corrected chi connectivity index (χ0v) is 10.8. The lowest BCUT2D eigenvalue weighted by Gasteiger charge is -2.34. The average molecular weight is 233 g/mol. The van der Waals surface area contributed by atoms with Gasteiger partial charge in [-0.05, 0) is 13.0 Å². The first-order valence-corrected chi connectivity index (χ1v) is 6.91. The Labute approximate surface area is 99.6 Å². The predicted molar refractivity (Wildman–Crippen MR) is 67.7 cm³/mol. The summed E-state index contributed by atoms with van der Waals surface area (Å²) in [6.07, 6.45) is 5.51. The smallest absolute Gasteiger partial charge is 0.0351 e. The summed E-state index contributed by atoms with van der Waals surface area (Å²) >= 11 is 5.73. The van der Waals surface area contributed by atoms with Crippen molar-refractivity contribution in [3.05, 3.63) is 0 Å². The Morgan fingerprint density at radius 1 is 0.867 bits per heavy atom. The highest BCUT2D eigenvalue weighted by Gasteiger charge is 2.15. The first-order valence-electron chi connectivity index (χ1n) is 6.37. The van der Waals surface area contributed by atoms with Crippen molar-refractivity contribution in [1.82, 2.24) is 9.80 Å². The fourth-order valence-corrected chi connectivity index (χ4v) is 2.36. The van der Waals surface area contributed by atoms with Crippen molar-refractivity contribution in [2.24, 2.45) is 0 Å². The van der Waals surface area contributed by atoms with Gasteiger partial charge in [-0.2, -0.15) is 0 Å². The van der Waals surface area contributed by atoms with Gasteiger partial charge in [0.1, 0.15) is 0 Å². The molecule has 2 nitrogen and oxygen atoms in total. The van der Waals surface area contributed by atoms with Gasteiger partial charge in [-0.1, -0.05) is 26.2 Å². The van der Waals surface area contributed by atoms with Crippen LogP contribution in [0.15, 0.2) is 0 Å². The van der Waals surface area contributed by atoms with Crippen molar-refractivity contribution >= 4 is 11.6 Å². The summed E-state index contributed by atoms with van der Waals surface area (Å²) < 4.78 is 0. The molecule has 1 aliphatic rings. The second-order valence-corrected chi connectivity index (χ2v) is 4.81. The molecule has 0 atom stereocenters. The molecule has 90 valence electrons. The SMILES string of the molecule is CCCCCCN1CCN(CCCl)CC1. The first kappa shape index (κ1) is 13.3. The van der Waals surface area contributed by atoms with E-state index in [1.807, 2.05) is 0 Å². The van der Waals surface area contributed by atoms with E-state index in [1.54, 1.807) is 0 Å². The maximum absolute atomic E-state index is 5.73. The van der Waals surface area contributed by atoms with Gasteiger partial charge in [-0.25, -0.2) is 0 Å². The van der Waals surface area contributed by atoms with E-state index in [1.165, 1.54) is 58.4 Å². The van der Waals surface area contributed by atoms with Gasteiger partial charge in [0.25, 0.3) is 0 Å². The first-order chi connectivity index (χ1) is 7.36. The van der Waals surface area contributed by atoms with Crippen molar-refractivity contribution in [2.75, 3.05) is 45.1 Å². The Morgan fingerprint density at radius 2 is 1.47 bits per heavy atom. The Hall–Kier alpha value is 0.210. The minimum Gasteiger partial charge on any atom is -0.301 e. The normalized spacial score (nSPS) is 19.6. The molecule has 0 amide bonds. The summed E-state index contributed by atoms with van der Waals surface area (Å²) in [7, 11) is 0. The Bertz CT molecular complexity index is 142. The van der Waals surface area contributed by atoms with Crippen LogP contribution in [0.5, 0.6) is 0 Å². The number of piperazine rings is 1. The van der Waals surface area contributed by atoms with Crippen molar-refractivity contribution in [3.8, 4) is 0 Å². The number of nitrogens with zero attached hydrogens (tertiary/aromatic N) is 2. The highest BCUT2D eigenvalue weighted by molar-refractivity contribution is 6.18. The van der Waals surface area contributed by atoms with E-state index >= 15 is 0 Å². The molecule has 0 bridgehead atoms. The Morgan fingerprint density at radius 3 is 2.00 bits per heavy atom. The molecule has 0 aromatic heterocycles. The molecule has 3 heteroatoms. The van der Waals surface area contributed by atoms with Gasteiger partial charge >= 0.3 is 0 Å². The van der Waals surface area contributed by atoms with Crippen LogP contribution in [0, 0.1) is 0 Å². The Balaban J connectivity index is 1.99. The Kier molecular flexibility index (Phi) is 7.41. The largest absolute Gasteiger partial charge is 0.301 e. The fraction of sp³-hybridized carbons (Fsp3) is 1.00. The third-order valence-corrected chi connectivity index (χ3v) is 3.36. The maximum atomic E-state index is 5.73. The maximum Gasteiger partial charge on any atom is 0.0351 e. The summed E-state index contributed by atoms with van der Waals surface area (Å²) in [4.78, 5) is 5.07. The summed E-state index contributed by atoms with van der Waals surface area (Å²) in [5.74, 6) is 0.774. The van der Waals surface area contributed by atoms with Crippen LogP contribution < -0.4 is 0 Å². The lowest BCUT2D eigenvalue weighted by atomic mass is 10.2. The van der Waals surface area contributed by atoms with Crippen molar-refractivity contribution in [3.63, 3.8) is 0 Å². The minimum absolute atomic E-state index is 0.774. The zero-order valence-electron chi connectivity index (χ0n) is 10.1. The molecule has 0 unspecified atom stereocenters. The molecule has 1 rings (SSSR count). The molecule has 0 radical (unpaired) electrons. The predicted octanol–water partition coefficient (Wildman–Crippen LogP) is 2.42. The lowest BCUT2D eigenvalue weighted by Crippen LogP contribution is -2.47. The van der Waals surface area contributed by atoms with E-state index in [2.05, 4.69) is 16.7 Å². The molecule has 0 aromatic carbocycles. The van der Waals surface area contributed by atoms with Gasteiger partial charge < -0.3 is 4.90 Å². The molecule has 1 aliphatic heterocycles. The highest BCUT2D eigenvalue weighted by atomic mass is 35.5. The number of halogens is 1. The fourth-order valence-electron chi connectivity index (χ4n) is 2.12. The van der Waals surface area contributed by atoms with Crippen LogP contribution in [0.25, 0.3) is 0 Å². The lowest BCUT2D eigenvalue weighted by molar-refractivity contribution is 0.136. The molecular weight excluding hydrogens is 208 g/mol. The average Bonchev–Trinajstić information content (AvgIpc) is 2.27. The monoisotopic (exact) mass is 232 g/mol. The van der Waals surface area contributed by atoms with Crippen molar-refractivity contribution < 1.29 is 0 Å². The van der Waals surface area contributed by atoms with E-state index in [4.69, 9.17) is 11.6 Å². The molecule has 0 spiro atoms. The molecule has 0 aromatic rings. The molecule has 1 saturated heterocycles. The van der Waals surface area contributed by atoms with E-state index in [-0.39, 0.29) is 0 Å². The number of alkyl halides is 1. The number of hydrogen-bond donors (Lipinski definition) is 0. The van der Waals surface area contributed by atoms with Crippen molar-refractivity contribution in [1.29, 1.82) is 0 Å². The number of unbranched alkanes of at least 4 members (excludes halogenated alkanes) is 3. The third-order valence-electron chi connectivity index (χ3n) is 3.19. The highest BCUT2D eigenvalue weighted by Crippen LogP contribution is 2.05. The number of hydrogen-bond acceptors (Lipinski definition) is 2. The summed E-state index contributed by atoms with van der Waals surface area (Å²) in [5.41, 5.74) is 0. The number of rotatable bonds is 7. The van der Waals surface area contributed by atoms with Gasteiger partial charge in [0.15, 0.2) is 0 Å². The van der Waals surface area contributed by atoms with E-state index < -0.39 is 0 Å². The molecule has 15 heavy (non-hydrogen) atoms. The quantitative estimate of drug-likeness (QED) is 0.492. The molecule has 1 fully saturated rings. The summed E-state index contributed by atoms with van der Waals surface area (Å²) in [6.45, 7) is 9.53. The van der Waals surface area contributed by atoms with Crippen LogP contribution in [-0.4, -0.2) is 54.9 Å². The van der Waals surface area contributed by atoms with Crippen molar-refractivity contribution in [2.45, 2.75) is 32.6 Å². The van der Waals surface area contributed by atoms with Gasteiger partial charge in [-0.3, -0.25) is 4.90 Å². The molecule has 0 saturated carbocycles. The van der Waals surface area contributed by atoms with Gasteiger partial charge in [0, 0.05) is 38.6 Å². The molecular formula is C12H25ClN2.